The minimum Gasteiger partial charge on any atom is -0.496 e. The number of nitrogens with two attached hydrogens (primary N) is 1. The van der Waals surface area contributed by atoms with Gasteiger partial charge >= 0.3 is 0 Å². The van der Waals surface area contributed by atoms with Gasteiger partial charge in [0.25, 0.3) is 0 Å². The molecule has 0 saturated carbocycles. The fourth-order valence-corrected chi connectivity index (χ4v) is 3.35. The molecule has 0 atom stereocenters. The van der Waals surface area contributed by atoms with E-state index in [2.05, 4.69) is 32.5 Å². The lowest BCUT2D eigenvalue weighted by atomic mass is 10.1. The first-order valence-electron chi connectivity index (χ1n) is 6.23. The molecule has 21 heavy (non-hydrogen) atoms. The SMILES string of the molecule is COc1ccc(/C(N)=N/O)cc1CNCc1ccc(Br)s1. The quantitative estimate of drug-likeness (QED) is 0.316. The highest BCUT2D eigenvalue weighted by Gasteiger charge is 2.07. The minimum absolute atomic E-state index is 0.0843. The number of amidine groups is 1. The van der Waals surface area contributed by atoms with Crippen molar-refractivity contribution in [2.45, 2.75) is 13.1 Å². The molecule has 0 unspecified atom stereocenters. The average molecular weight is 370 g/mol. The molecular formula is C14H16BrN3O2S. The van der Waals surface area contributed by atoms with E-state index in [4.69, 9.17) is 15.7 Å². The molecule has 0 saturated heterocycles. The number of hydrogen-bond donors (Lipinski definition) is 3. The Kier molecular flexibility index (Phi) is 5.60. The highest BCUT2D eigenvalue weighted by molar-refractivity contribution is 9.11. The van der Waals surface area contributed by atoms with Crippen LogP contribution in [0.15, 0.2) is 39.3 Å². The second kappa shape index (κ2) is 7.44. The zero-order valence-corrected chi connectivity index (χ0v) is 13.9. The van der Waals surface area contributed by atoms with Crippen LogP contribution in [0.1, 0.15) is 16.0 Å². The summed E-state index contributed by atoms with van der Waals surface area (Å²) in [7, 11) is 1.62. The lowest BCUT2D eigenvalue weighted by Crippen LogP contribution is -2.16. The maximum atomic E-state index is 8.75. The Morgan fingerprint density at radius 1 is 1.38 bits per heavy atom. The average Bonchev–Trinajstić information content (AvgIpc) is 2.91. The van der Waals surface area contributed by atoms with E-state index in [9.17, 15) is 0 Å². The van der Waals surface area contributed by atoms with Crippen molar-refractivity contribution in [3.05, 3.63) is 50.1 Å². The van der Waals surface area contributed by atoms with Crippen LogP contribution in [0, 0.1) is 0 Å². The molecule has 1 aromatic carbocycles. The molecule has 0 aliphatic carbocycles. The zero-order chi connectivity index (χ0) is 15.2. The molecule has 0 aliphatic heterocycles. The van der Waals surface area contributed by atoms with Crippen LogP contribution in [0.3, 0.4) is 0 Å². The third-order valence-corrected chi connectivity index (χ3v) is 4.55. The Bertz CT molecular complexity index is 643. The summed E-state index contributed by atoms with van der Waals surface area (Å²) in [5, 5.41) is 15.1. The van der Waals surface area contributed by atoms with Crippen molar-refractivity contribution in [3.63, 3.8) is 0 Å². The topological polar surface area (TPSA) is 79.9 Å². The molecule has 0 spiro atoms. The Balaban J connectivity index is 2.06. The molecule has 112 valence electrons. The van der Waals surface area contributed by atoms with Crippen LogP contribution in [0.4, 0.5) is 0 Å². The molecular weight excluding hydrogens is 354 g/mol. The fourth-order valence-electron chi connectivity index (χ4n) is 1.90. The molecule has 0 bridgehead atoms. The van der Waals surface area contributed by atoms with Crippen LogP contribution in [0.5, 0.6) is 5.75 Å². The molecule has 2 aromatic rings. The number of oxime groups is 1. The Labute approximate surface area is 135 Å². The summed E-state index contributed by atoms with van der Waals surface area (Å²) in [6.07, 6.45) is 0. The largest absolute Gasteiger partial charge is 0.496 e. The number of nitrogens with one attached hydrogen (secondary N) is 1. The van der Waals surface area contributed by atoms with E-state index in [1.165, 1.54) is 4.88 Å². The molecule has 5 nitrogen and oxygen atoms in total. The van der Waals surface area contributed by atoms with Crippen LogP contribution in [0.2, 0.25) is 0 Å². The van der Waals surface area contributed by atoms with Crippen molar-refractivity contribution in [2.75, 3.05) is 7.11 Å². The van der Waals surface area contributed by atoms with Crippen molar-refractivity contribution in [1.29, 1.82) is 0 Å². The van der Waals surface area contributed by atoms with Crippen molar-refractivity contribution in [1.82, 2.24) is 5.32 Å². The van der Waals surface area contributed by atoms with Crippen LogP contribution in [-0.2, 0) is 13.1 Å². The molecule has 2 rings (SSSR count). The predicted octanol–water partition coefficient (Wildman–Crippen LogP) is 2.90. The smallest absolute Gasteiger partial charge is 0.170 e. The monoisotopic (exact) mass is 369 g/mol. The minimum atomic E-state index is 0.0843. The maximum Gasteiger partial charge on any atom is 0.170 e. The van der Waals surface area contributed by atoms with Gasteiger partial charge in [0.1, 0.15) is 5.75 Å². The maximum absolute atomic E-state index is 8.75. The first-order chi connectivity index (χ1) is 10.1. The van der Waals surface area contributed by atoms with E-state index < -0.39 is 0 Å². The number of nitrogens with zero attached hydrogens (tertiary/aromatic N) is 1. The summed E-state index contributed by atoms with van der Waals surface area (Å²) >= 11 is 5.14. The summed E-state index contributed by atoms with van der Waals surface area (Å²) in [5.41, 5.74) is 7.23. The van der Waals surface area contributed by atoms with Gasteiger partial charge in [-0.15, -0.1) is 11.3 Å². The van der Waals surface area contributed by atoms with E-state index in [0.29, 0.717) is 12.1 Å². The molecule has 7 heteroatoms. The van der Waals surface area contributed by atoms with Gasteiger partial charge in [0.2, 0.25) is 0 Å². The Morgan fingerprint density at radius 3 is 2.81 bits per heavy atom. The van der Waals surface area contributed by atoms with Gasteiger partial charge in [-0.3, -0.25) is 0 Å². The normalized spacial score (nSPS) is 11.6. The van der Waals surface area contributed by atoms with Crippen LogP contribution >= 0.6 is 27.3 Å². The van der Waals surface area contributed by atoms with Crippen molar-refractivity contribution in [3.8, 4) is 5.75 Å². The highest BCUT2D eigenvalue weighted by Crippen LogP contribution is 2.23. The predicted molar refractivity (Wildman–Crippen MR) is 88.1 cm³/mol. The second-order valence-corrected chi connectivity index (χ2v) is 6.87. The number of ether oxygens (including phenoxy) is 1. The van der Waals surface area contributed by atoms with Crippen LogP contribution in [-0.4, -0.2) is 18.2 Å². The van der Waals surface area contributed by atoms with Gasteiger partial charge < -0.3 is 21.0 Å². The lowest BCUT2D eigenvalue weighted by Gasteiger charge is -2.11. The number of hydrogen-bond acceptors (Lipinski definition) is 5. The molecule has 0 amide bonds. The molecule has 4 N–H and O–H groups in total. The summed E-state index contributed by atoms with van der Waals surface area (Å²) in [5.74, 6) is 0.852. The third-order valence-electron chi connectivity index (χ3n) is 2.93. The highest BCUT2D eigenvalue weighted by atomic mass is 79.9. The number of benzene rings is 1. The van der Waals surface area contributed by atoms with Crippen molar-refractivity contribution in [2.24, 2.45) is 10.9 Å². The van der Waals surface area contributed by atoms with Gasteiger partial charge in [-0.1, -0.05) is 5.16 Å². The molecule has 1 heterocycles. The van der Waals surface area contributed by atoms with E-state index in [1.54, 1.807) is 24.5 Å². The second-order valence-electron chi connectivity index (χ2n) is 4.32. The van der Waals surface area contributed by atoms with E-state index in [-0.39, 0.29) is 5.84 Å². The number of thiophene rings is 1. The standard InChI is InChI=1S/C14H16BrN3O2S/c1-20-12-4-2-9(14(16)18-19)6-10(12)7-17-8-11-3-5-13(15)21-11/h2-6,17,19H,7-8H2,1H3,(H2,16,18). The number of halogens is 1. The van der Waals surface area contributed by atoms with Gasteiger partial charge in [0.05, 0.1) is 10.9 Å². The summed E-state index contributed by atoms with van der Waals surface area (Å²) in [4.78, 5) is 1.24. The fraction of sp³-hybridized carbons (Fsp3) is 0.214. The van der Waals surface area contributed by atoms with Crippen molar-refractivity contribution >= 4 is 33.1 Å². The van der Waals surface area contributed by atoms with E-state index in [1.807, 2.05) is 18.2 Å². The van der Waals surface area contributed by atoms with Gasteiger partial charge in [-0.2, -0.15) is 0 Å². The molecule has 0 radical (unpaired) electrons. The van der Waals surface area contributed by atoms with E-state index >= 15 is 0 Å². The molecule has 0 aliphatic rings. The first kappa shape index (κ1) is 15.8. The zero-order valence-electron chi connectivity index (χ0n) is 11.5. The lowest BCUT2D eigenvalue weighted by molar-refractivity contribution is 0.318. The number of methoxy groups -OCH3 is 1. The van der Waals surface area contributed by atoms with Crippen LogP contribution < -0.4 is 15.8 Å². The summed E-state index contributed by atoms with van der Waals surface area (Å²) < 4.78 is 6.45. The third kappa shape index (κ3) is 4.20. The first-order valence-corrected chi connectivity index (χ1v) is 7.84. The van der Waals surface area contributed by atoms with E-state index in [0.717, 1.165) is 21.6 Å². The Morgan fingerprint density at radius 2 is 2.19 bits per heavy atom. The summed E-state index contributed by atoms with van der Waals surface area (Å²) in [6, 6.07) is 9.53. The van der Waals surface area contributed by atoms with Gasteiger partial charge in [0, 0.05) is 29.1 Å². The van der Waals surface area contributed by atoms with Gasteiger partial charge in [-0.05, 0) is 46.3 Å². The van der Waals surface area contributed by atoms with Crippen LogP contribution in [0.25, 0.3) is 0 Å². The number of rotatable bonds is 6. The molecule has 0 fully saturated rings. The van der Waals surface area contributed by atoms with Gasteiger partial charge in [0.15, 0.2) is 5.84 Å². The summed E-state index contributed by atoms with van der Waals surface area (Å²) in [6.45, 7) is 1.40. The molecule has 1 aromatic heterocycles. The van der Waals surface area contributed by atoms with Crippen molar-refractivity contribution < 1.29 is 9.94 Å². The van der Waals surface area contributed by atoms with Gasteiger partial charge in [-0.25, -0.2) is 0 Å². The Hall–Kier alpha value is -1.57.